The van der Waals surface area contributed by atoms with Crippen molar-refractivity contribution in [2.75, 3.05) is 0 Å². The van der Waals surface area contributed by atoms with Crippen molar-refractivity contribution in [3.05, 3.63) is 60.2 Å². The third-order valence-electron chi connectivity index (χ3n) is 5.08. The first-order valence-corrected chi connectivity index (χ1v) is 8.68. The van der Waals surface area contributed by atoms with Gasteiger partial charge in [-0.2, -0.15) is 0 Å². The van der Waals surface area contributed by atoms with E-state index < -0.39 is 30.0 Å². The van der Waals surface area contributed by atoms with Crippen molar-refractivity contribution < 1.29 is 24.5 Å². The van der Waals surface area contributed by atoms with Crippen LogP contribution in [0.1, 0.15) is 24.8 Å². The number of carboxylic acid groups (broad SMARTS) is 1. The molecule has 3 rings (SSSR count). The van der Waals surface area contributed by atoms with E-state index in [4.69, 9.17) is 4.74 Å². The Balaban J connectivity index is 1.82. The van der Waals surface area contributed by atoms with Gasteiger partial charge in [-0.1, -0.05) is 48.5 Å². The lowest BCUT2D eigenvalue weighted by Crippen LogP contribution is -2.48. The van der Waals surface area contributed by atoms with Gasteiger partial charge >= 0.3 is 5.97 Å². The Labute approximate surface area is 152 Å². The summed E-state index contributed by atoms with van der Waals surface area (Å²) in [5, 5.41) is 19.6. The van der Waals surface area contributed by atoms with Gasteiger partial charge in [0.2, 0.25) is 0 Å². The molecular weight excluding hydrogens is 332 g/mol. The molecule has 2 aromatic carbocycles. The number of aliphatic carboxylic acids is 1. The average Bonchev–Trinajstić information content (AvgIpc) is 2.96. The van der Waals surface area contributed by atoms with Crippen LogP contribution >= 0.6 is 0 Å². The van der Waals surface area contributed by atoms with Crippen LogP contribution in [0.2, 0.25) is 0 Å². The van der Waals surface area contributed by atoms with Crippen LogP contribution in [0.25, 0.3) is 11.1 Å². The third kappa shape index (κ3) is 3.69. The fraction of sp³-hybridized carbons (Fsp3) is 0.333. The number of hydrogen-bond donors (Lipinski definition) is 2. The molecule has 0 amide bonds. The van der Waals surface area contributed by atoms with Gasteiger partial charge in [0, 0.05) is 5.92 Å². The second kappa shape index (κ2) is 7.81. The first kappa shape index (κ1) is 18.3. The Kier molecular flexibility index (Phi) is 5.49. The van der Waals surface area contributed by atoms with Crippen LogP contribution in [0.4, 0.5) is 0 Å². The van der Waals surface area contributed by atoms with Crippen LogP contribution in [-0.4, -0.2) is 34.2 Å². The van der Waals surface area contributed by atoms with E-state index in [1.165, 1.54) is 0 Å². The second-order valence-corrected chi connectivity index (χ2v) is 6.72. The SMILES string of the molecule is O=CC1CCC(O)C1(CC(=O)O)OCc1cccc(-c2ccccc2)c1. The number of carbonyl (C=O) groups is 2. The number of carboxylic acids is 1. The molecule has 0 heterocycles. The molecule has 136 valence electrons. The molecule has 5 nitrogen and oxygen atoms in total. The highest BCUT2D eigenvalue weighted by atomic mass is 16.5. The lowest BCUT2D eigenvalue weighted by Gasteiger charge is -2.34. The van der Waals surface area contributed by atoms with E-state index in [2.05, 4.69) is 0 Å². The fourth-order valence-electron chi connectivity index (χ4n) is 3.68. The fourth-order valence-corrected chi connectivity index (χ4v) is 3.68. The van der Waals surface area contributed by atoms with Gasteiger partial charge < -0.3 is 19.7 Å². The topological polar surface area (TPSA) is 83.8 Å². The summed E-state index contributed by atoms with van der Waals surface area (Å²) in [6.45, 7) is 0.134. The molecule has 1 fully saturated rings. The normalized spacial score (nSPS) is 25.1. The molecule has 3 atom stereocenters. The molecule has 1 saturated carbocycles. The summed E-state index contributed by atoms with van der Waals surface area (Å²) >= 11 is 0. The van der Waals surface area contributed by atoms with Crippen LogP contribution in [0.5, 0.6) is 0 Å². The number of ether oxygens (including phenoxy) is 1. The maximum atomic E-state index is 11.4. The molecule has 1 aliphatic carbocycles. The number of rotatable bonds is 7. The summed E-state index contributed by atoms with van der Waals surface area (Å²) in [4.78, 5) is 22.7. The van der Waals surface area contributed by atoms with Crippen LogP contribution in [0.15, 0.2) is 54.6 Å². The van der Waals surface area contributed by atoms with Crippen molar-refractivity contribution in [1.82, 2.24) is 0 Å². The Morgan fingerprint density at radius 2 is 1.85 bits per heavy atom. The number of benzene rings is 2. The van der Waals surface area contributed by atoms with Crippen LogP contribution in [-0.2, 0) is 20.9 Å². The van der Waals surface area contributed by atoms with Crippen molar-refractivity contribution in [3.8, 4) is 11.1 Å². The zero-order chi connectivity index (χ0) is 18.6. The molecular formula is C21H22O5. The molecule has 0 saturated heterocycles. The summed E-state index contributed by atoms with van der Waals surface area (Å²) in [6.07, 6.45) is 0.143. The van der Waals surface area contributed by atoms with Crippen molar-refractivity contribution in [2.24, 2.45) is 5.92 Å². The lowest BCUT2D eigenvalue weighted by molar-refractivity contribution is -0.168. The molecule has 2 aromatic rings. The van der Waals surface area contributed by atoms with Gasteiger partial charge in [-0.25, -0.2) is 0 Å². The Morgan fingerprint density at radius 1 is 1.12 bits per heavy atom. The van der Waals surface area contributed by atoms with Gasteiger partial charge in [0.15, 0.2) is 0 Å². The van der Waals surface area contributed by atoms with Gasteiger partial charge in [-0.3, -0.25) is 4.79 Å². The summed E-state index contributed by atoms with van der Waals surface area (Å²) in [5.41, 5.74) is 1.59. The largest absolute Gasteiger partial charge is 0.481 e. The molecule has 1 aliphatic rings. The van der Waals surface area contributed by atoms with E-state index >= 15 is 0 Å². The number of hydrogen-bond acceptors (Lipinski definition) is 4. The first-order chi connectivity index (χ1) is 12.5. The molecule has 5 heteroatoms. The van der Waals surface area contributed by atoms with Crippen molar-refractivity contribution in [2.45, 2.75) is 37.6 Å². The molecule has 26 heavy (non-hydrogen) atoms. The van der Waals surface area contributed by atoms with Gasteiger partial charge in [0.05, 0.1) is 19.1 Å². The molecule has 2 N–H and O–H groups in total. The van der Waals surface area contributed by atoms with Gasteiger partial charge in [-0.15, -0.1) is 0 Å². The monoisotopic (exact) mass is 354 g/mol. The van der Waals surface area contributed by atoms with E-state index in [1.54, 1.807) is 0 Å². The molecule has 0 radical (unpaired) electrons. The lowest BCUT2D eigenvalue weighted by atomic mass is 9.86. The van der Waals surface area contributed by atoms with E-state index in [0.717, 1.165) is 16.7 Å². The number of aliphatic hydroxyl groups excluding tert-OH is 1. The van der Waals surface area contributed by atoms with E-state index in [-0.39, 0.29) is 6.61 Å². The zero-order valence-corrected chi connectivity index (χ0v) is 14.4. The van der Waals surface area contributed by atoms with E-state index in [1.807, 2.05) is 54.6 Å². The summed E-state index contributed by atoms with van der Waals surface area (Å²) in [5.74, 6) is -1.71. The zero-order valence-electron chi connectivity index (χ0n) is 14.4. The summed E-state index contributed by atoms with van der Waals surface area (Å²) in [6, 6.07) is 17.7. The molecule has 0 bridgehead atoms. The predicted octanol–water partition coefficient (Wildman–Crippen LogP) is 3.05. The summed E-state index contributed by atoms with van der Waals surface area (Å²) < 4.78 is 5.93. The minimum absolute atomic E-state index is 0.134. The molecule has 3 unspecified atom stereocenters. The average molecular weight is 354 g/mol. The maximum absolute atomic E-state index is 11.4. The Hall–Kier alpha value is -2.50. The second-order valence-electron chi connectivity index (χ2n) is 6.72. The third-order valence-corrected chi connectivity index (χ3v) is 5.08. The molecule has 0 spiro atoms. The Morgan fingerprint density at radius 3 is 2.54 bits per heavy atom. The van der Waals surface area contributed by atoms with Crippen molar-refractivity contribution in [3.63, 3.8) is 0 Å². The van der Waals surface area contributed by atoms with Crippen molar-refractivity contribution in [1.29, 1.82) is 0 Å². The molecule has 0 aliphatic heterocycles. The van der Waals surface area contributed by atoms with Gasteiger partial charge in [0.25, 0.3) is 0 Å². The standard InChI is InChI=1S/C21H22O5/c22-13-18-9-10-19(23)21(18,12-20(24)25)26-14-15-5-4-8-17(11-15)16-6-2-1-3-7-16/h1-8,11,13,18-19,23H,9-10,12,14H2,(H,24,25). The minimum Gasteiger partial charge on any atom is -0.481 e. The highest BCUT2D eigenvalue weighted by Gasteiger charge is 2.52. The summed E-state index contributed by atoms with van der Waals surface area (Å²) in [7, 11) is 0. The maximum Gasteiger partial charge on any atom is 0.306 e. The van der Waals surface area contributed by atoms with Crippen LogP contribution < -0.4 is 0 Å². The van der Waals surface area contributed by atoms with Crippen molar-refractivity contribution >= 4 is 12.3 Å². The number of aliphatic hydroxyl groups is 1. The van der Waals surface area contributed by atoms with E-state index in [0.29, 0.717) is 19.1 Å². The van der Waals surface area contributed by atoms with Gasteiger partial charge in [-0.05, 0) is 35.6 Å². The molecule has 0 aromatic heterocycles. The highest BCUT2D eigenvalue weighted by molar-refractivity contribution is 5.70. The quantitative estimate of drug-likeness (QED) is 0.747. The van der Waals surface area contributed by atoms with E-state index in [9.17, 15) is 19.8 Å². The van der Waals surface area contributed by atoms with Crippen LogP contribution in [0.3, 0.4) is 0 Å². The first-order valence-electron chi connectivity index (χ1n) is 8.68. The van der Waals surface area contributed by atoms with Gasteiger partial charge in [0.1, 0.15) is 11.9 Å². The minimum atomic E-state index is -1.36. The number of aldehydes is 1. The predicted molar refractivity (Wildman–Crippen MR) is 96.4 cm³/mol. The Bertz CT molecular complexity index is 773. The highest BCUT2D eigenvalue weighted by Crippen LogP contribution is 2.41. The van der Waals surface area contributed by atoms with Crippen LogP contribution in [0, 0.1) is 5.92 Å². The number of carbonyl (C=O) groups excluding carboxylic acids is 1. The smallest absolute Gasteiger partial charge is 0.306 e.